The van der Waals surface area contributed by atoms with Crippen LogP contribution in [0.5, 0.6) is 0 Å². The van der Waals surface area contributed by atoms with Gasteiger partial charge in [-0.15, -0.1) is 0 Å². The zero-order valence-electron chi connectivity index (χ0n) is 15.7. The van der Waals surface area contributed by atoms with Gasteiger partial charge in [0.05, 0.1) is 12.1 Å². The highest BCUT2D eigenvalue weighted by Crippen LogP contribution is 2.18. The van der Waals surface area contributed by atoms with Crippen LogP contribution in [0.3, 0.4) is 0 Å². The minimum Gasteiger partial charge on any atom is -0.376 e. The molecule has 0 aliphatic rings. The zero-order valence-corrected chi connectivity index (χ0v) is 15.7. The molecule has 3 aromatic rings. The molecule has 0 atom stereocenters. The molecule has 0 fully saturated rings. The van der Waals surface area contributed by atoms with Crippen molar-refractivity contribution in [1.29, 1.82) is 0 Å². The summed E-state index contributed by atoms with van der Waals surface area (Å²) in [6.07, 6.45) is 0.840. The van der Waals surface area contributed by atoms with E-state index in [1.54, 1.807) is 18.2 Å². The van der Waals surface area contributed by atoms with E-state index in [2.05, 4.69) is 16.0 Å². The molecule has 0 saturated heterocycles. The van der Waals surface area contributed by atoms with Crippen LogP contribution >= 0.6 is 0 Å². The van der Waals surface area contributed by atoms with E-state index in [4.69, 9.17) is 0 Å². The van der Waals surface area contributed by atoms with Crippen molar-refractivity contribution in [2.45, 2.75) is 13.3 Å². The van der Waals surface area contributed by atoms with Crippen molar-refractivity contribution in [2.75, 3.05) is 22.5 Å². The van der Waals surface area contributed by atoms with E-state index in [1.165, 1.54) is 0 Å². The highest BCUT2D eigenvalue weighted by atomic mass is 16.2. The lowest BCUT2D eigenvalue weighted by Gasteiger charge is -2.13. The number of carbonyl (C=O) groups is 2. The van der Waals surface area contributed by atoms with Gasteiger partial charge in [0, 0.05) is 17.1 Å². The molecule has 0 aliphatic heterocycles. The molecule has 2 amide bonds. The van der Waals surface area contributed by atoms with Crippen molar-refractivity contribution >= 4 is 28.9 Å². The number of para-hydroxylation sites is 3. The topological polar surface area (TPSA) is 70.2 Å². The fraction of sp³-hybridized carbons (Fsp3) is 0.130. The SMILES string of the molecule is CCc1ccccc1NC(=O)CNc1ccccc1C(=O)Nc1ccccc1. The average Bonchev–Trinajstić information content (AvgIpc) is 2.73. The first-order chi connectivity index (χ1) is 13.7. The second-order valence-corrected chi connectivity index (χ2v) is 6.28. The lowest BCUT2D eigenvalue weighted by atomic mass is 10.1. The molecule has 0 radical (unpaired) electrons. The Hall–Kier alpha value is -3.60. The smallest absolute Gasteiger partial charge is 0.257 e. The average molecular weight is 373 g/mol. The van der Waals surface area contributed by atoms with Crippen LogP contribution in [0.15, 0.2) is 78.9 Å². The molecule has 0 saturated carbocycles. The van der Waals surface area contributed by atoms with Gasteiger partial charge in [-0.3, -0.25) is 9.59 Å². The third-order valence-corrected chi connectivity index (χ3v) is 4.32. The van der Waals surface area contributed by atoms with E-state index in [0.29, 0.717) is 11.3 Å². The van der Waals surface area contributed by atoms with Gasteiger partial charge >= 0.3 is 0 Å². The maximum absolute atomic E-state index is 12.6. The predicted octanol–water partition coefficient (Wildman–Crippen LogP) is 4.55. The second kappa shape index (κ2) is 9.37. The van der Waals surface area contributed by atoms with Gasteiger partial charge in [0.15, 0.2) is 0 Å². The van der Waals surface area contributed by atoms with Crippen molar-refractivity contribution in [3.63, 3.8) is 0 Å². The van der Waals surface area contributed by atoms with Gasteiger partial charge in [-0.25, -0.2) is 0 Å². The Balaban J connectivity index is 1.65. The summed E-state index contributed by atoms with van der Waals surface area (Å²) in [5.41, 5.74) is 3.70. The summed E-state index contributed by atoms with van der Waals surface area (Å²) in [5.74, 6) is -0.398. The molecule has 0 heterocycles. The maximum Gasteiger partial charge on any atom is 0.257 e. The highest BCUT2D eigenvalue weighted by molar-refractivity contribution is 6.08. The van der Waals surface area contributed by atoms with E-state index < -0.39 is 0 Å². The molecule has 0 aromatic heterocycles. The molecule has 5 nitrogen and oxygen atoms in total. The lowest BCUT2D eigenvalue weighted by molar-refractivity contribution is -0.114. The first kappa shape index (κ1) is 19.2. The van der Waals surface area contributed by atoms with E-state index in [-0.39, 0.29) is 18.4 Å². The zero-order chi connectivity index (χ0) is 19.8. The summed E-state index contributed by atoms with van der Waals surface area (Å²) in [5, 5.41) is 8.84. The quantitative estimate of drug-likeness (QED) is 0.569. The lowest BCUT2D eigenvalue weighted by Crippen LogP contribution is -2.23. The summed E-state index contributed by atoms with van der Waals surface area (Å²) in [4.78, 5) is 25.0. The fourth-order valence-electron chi connectivity index (χ4n) is 2.88. The van der Waals surface area contributed by atoms with E-state index >= 15 is 0 Å². The van der Waals surface area contributed by atoms with Gasteiger partial charge in [-0.1, -0.05) is 55.5 Å². The first-order valence-electron chi connectivity index (χ1n) is 9.24. The maximum atomic E-state index is 12.6. The summed E-state index contributed by atoms with van der Waals surface area (Å²) in [7, 11) is 0. The first-order valence-corrected chi connectivity index (χ1v) is 9.24. The Labute approximate surface area is 164 Å². The van der Waals surface area contributed by atoms with Gasteiger partial charge in [0.25, 0.3) is 5.91 Å². The van der Waals surface area contributed by atoms with Gasteiger partial charge in [0.2, 0.25) is 5.91 Å². The van der Waals surface area contributed by atoms with Crippen LogP contribution in [0.4, 0.5) is 17.1 Å². The number of amides is 2. The molecule has 3 aromatic carbocycles. The standard InChI is InChI=1S/C23H23N3O2/c1-2-17-10-6-8-14-20(17)26-22(27)16-24-21-15-9-7-13-19(21)23(28)25-18-11-4-3-5-12-18/h3-15,24H,2,16H2,1H3,(H,25,28)(H,26,27). The number of benzene rings is 3. The van der Waals surface area contributed by atoms with Crippen LogP contribution in [0.2, 0.25) is 0 Å². The molecule has 3 rings (SSSR count). The molecule has 0 aliphatic carbocycles. The van der Waals surface area contributed by atoms with Crippen molar-refractivity contribution in [3.05, 3.63) is 90.0 Å². The van der Waals surface area contributed by atoms with Crippen LogP contribution < -0.4 is 16.0 Å². The van der Waals surface area contributed by atoms with Crippen LogP contribution in [0.25, 0.3) is 0 Å². The Morgan fingerprint density at radius 2 is 1.39 bits per heavy atom. The number of hydrogen-bond acceptors (Lipinski definition) is 3. The number of nitrogens with one attached hydrogen (secondary N) is 3. The molecule has 0 bridgehead atoms. The van der Waals surface area contributed by atoms with Gasteiger partial charge in [-0.2, -0.15) is 0 Å². The number of rotatable bonds is 7. The summed E-state index contributed by atoms with van der Waals surface area (Å²) >= 11 is 0. The van der Waals surface area contributed by atoms with Crippen molar-refractivity contribution in [3.8, 4) is 0 Å². The van der Waals surface area contributed by atoms with Crippen molar-refractivity contribution < 1.29 is 9.59 Å². The van der Waals surface area contributed by atoms with Crippen LogP contribution in [-0.4, -0.2) is 18.4 Å². The summed E-state index contributed by atoms with van der Waals surface area (Å²) in [6.45, 7) is 2.11. The third-order valence-electron chi connectivity index (χ3n) is 4.32. The number of hydrogen-bond donors (Lipinski definition) is 3. The van der Waals surface area contributed by atoms with Gasteiger partial charge < -0.3 is 16.0 Å². The van der Waals surface area contributed by atoms with Crippen molar-refractivity contribution in [1.82, 2.24) is 0 Å². The highest BCUT2D eigenvalue weighted by Gasteiger charge is 2.12. The van der Waals surface area contributed by atoms with Crippen molar-refractivity contribution in [2.24, 2.45) is 0 Å². The second-order valence-electron chi connectivity index (χ2n) is 6.28. The number of carbonyl (C=O) groups excluding carboxylic acids is 2. The molecule has 28 heavy (non-hydrogen) atoms. The molecule has 0 unspecified atom stereocenters. The Bertz CT molecular complexity index is 955. The molecular formula is C23H23N3O2. The van der Waals surface area contributed by atoms with E-state index in [9.17, 15) is 9.59 Å². The fourth-order valence-corrected chi connectivity index (χ4v) is 2.88. The largest absolute Gasteiger partial charge is 0.376 e. The van der Waals surface area contributed by atoms with E-state index in [1.807, 2.05) is 67.6 Å². The monoisotopic (exact) mass is 373 g/mol. The van der Waals surface area contributed by atoms with Crippen LogP contribution in [0.1, 0.15) is 22.8 Å². The Kier molecular flexibility index (Phi) is 6.41. The van der Waals surface area contributed by atoms with Gasteiger partial charge in [0.1, 0.15) is 0 Å². The molecule has 5 heteroatoms. The third kappa shape index (κ3) is 4.98. The number of anilines is 3. The molecule has 3 N–H and O–H groups in total. The van der Waals surface area contributed by atoms with Gasteiger partial charge in [-0.05, 0) is 42.3 Å². The molecule has 0 spiro atoms. The molecule has 142 valence electrons. The summed E-state index contributed by atoms with van der Waals surface area (Å²) < 4.78 is 0. The normalized spacial score (nSPS) is 10.2. The minimum atomic E-state index is -0.231. The Morgan fingerprint density at radius 1 is 0.750 bits per heavy atom. The number of aryl methyl sites for hydroxylation is 1. The van der Waals surface area contributed by atoms with E-state index in [0.717, 1.165) is 23.4 Å². The minimum absolute atomic E-state index is 0.0632. The Morgan fingerprint density at radius 3 is 2.14 bits per heavy atom. The predicted molar refractivity (Wildman–Crippen MR) is 114 cm³/mol. The van der Waals surface area contributed by atoms with Crippen LogP contribution in [0, 0.1) is 0 Å². The van der Waals surface area contributed by atoms with Crippen LogP contribution in [-0.2, 0) is 11.2 Å². The summed E-state index contributed by atoms with van der Waals surface area (Å²) in [6, 6.07) is 24.1. The molecular weight excluding hydrogens is 350 g/mol.